The number of benzene rings is 2. The van der Waals surface area contributed by atoms with Crippen molar-refractivity contribution in [3.63, 3.8) is 0 Å². The average Bonchev–Trinajstić information content (AvgIpc) is 2.62. The van der Waals surface area contributed by atoms with Crippen LogP contribution >= 0.6 is 11.8 Å². The Kier molecular flexibility index (Phi) is 5.36. The van der Waals surface area contributed by atoms with Crippen molar-refractivity contribution >= 4 is 17.7 Å². The molecule has 0 radical (unpaired) electrons. The second-order valence-electron chi connectivity index (χ2n) is 5.83. The van der Waals surface area contributed by atoms with Crippen molar-refractivity contribution < 1.29 is 9.90 Å². The molecule has 1 fully saturated rings. The Morgan fingerprint density at radius 1 is 1.04 bits per heavy atom. The Morgan fingerprint density at radius 2 is 1.70 bits per heavy atom. The third kappa shape index (κ3) is 3.95. The standard InChI is InChI=1S/C19H21NO2S/c21-14-15-10-12-20(13-11-15)19(22)17-8-4-5-9-18(17)23-16-6-2-1-3-7-16/h1-9,15,21H,10-14H2. The van der Waals surface area contributed by atoms with Crippen LogP contribution in [-0.2, 0) is 0 Å². The summed E-state index contributed by atoms with van der Waals surface area (Å²) in [4.78, 5) is 16.9. The zero-order valence-corrected chi connectivity index (χ0v) is 13.8. The van der Waals surface area contributed by atoms with Gasteiger partial charge in [0.15, 0.2) is 0 Å². The zero-order valence-electron chi connectivity index (χ0n) is 13.0. The molecule has 1 aliphatic rings. The summed E-state index contributed by atoms with van der Waals surface area (Å²) < 4.78 is 0. The second-order valence-corrected chi connectivity index (χ2v) is 6.94. The highest BCUT2D eigenvalue weighted by molar-refractivity contribution is 7.99. The Morgan fingerprint density at radius 3 is 2.39 bits per heavy atom. The number of aliphatic hydroxyl groups excluding tert-OH is 1. The smallest absolute Gasteiger partial charge is 0.255 e. The molecule has 3 rings (SSSR count). The van der Waals surface area contributed by atoms with Crippen LogP contribution in [0.5, 0.6) is 0 Å². The fraction of sp³-hybridized carbons (Fsp3) is 0.316. The van der Waals surface area contributed by atoms with Crippen LogP contribution in [0, 0.1) is 5.92 Å². The van der Waals surface area contributed by atoms with E-state index in [0.29, 0.717) is 5.92 Å². The van der Waals surface area contributed by atoms with Crippen molar-refractivity contribution in [2.24, 2.45) is 5.92 Å². The molecular weight excluding hydrogens is 306 g/mol. The van der Waals surface area contributed by atoms with E-state index in [2.05, 4.69) is 12.1 Å². The van der Waals surface area contributed by atoms with Crippen LogP contribution in [0.25, 0.3) is 0 Å². The van der Waals surface area contributed by atoms with Crippen molar-refractivity contribution in [2.75, 3.05) is 19.7 Å². The van der Waals surface area contributed by atoms with Gasteiger partial charge in [-0.3, -0.25) is 4.79 Å². The molecule has 0 unspecified atom stereocenters. The minimum Gasteiger partial charge on any atom is -0.396 e. The molecule has 120 valence electrons. The van der Waals surface area contributed by atoms with E-state index in [4.69, 9.17) is 0 Å². The van der Waals surface area contributed by atoms with E-state index in [1.54, 1.807) is 11.8 Å². The van der Waals surface area contributed by atoms with Crippen molar-refractivity contribution in [3.8, 4) is 0 Å². The minimum absolute atomic E-state index is 0.0976. The van der Waals surface area contributed by atoms with Gasteiger partial charge >= 0.3 is 0 Å². The van der Waals surface area contributed by atoms with E-state index < -0.39 is 0 Å². The van der Waals surface area contributed by atoms with Crippen molar-refractivity contribution in [3.05, 3.63) is 60.2 Å². The largest absolute Gasteiger partial charge is 0.396 e. The first-order valence-electron chi connectivity index (χ1n) is 8.00. The quantitative estimate of drug-likeness (QED) is 0.931. The molecule has 3 nitrogen and oxygen atoms in total. The molecule has 0 bridgehead atoms. The lowest BCUT2D eigenvalue weighted by Gasteiger charge is -2.31. The maximum Gasteiger partial charge on any atom is 0.255 e. The molecular formula is C19H21NO2S. The molecule has 0 aromatic heterocycles. The summed E-state index contributed by atoms with van der Waals surface area (Å²) in [6, 6.07) is 17.9. The molecule has 0 saturated carbocycles. The van der Waals surface area contributed by atoms with Crippen LogP contribution in [0.2, 0.25) is 0 Å². The van der Waals surface area contributed by atoms with Gasteiger partial charge in [0.05, 0.1) is 5.56 Å². The monoisotopic (exact) mass is 327 g/mol. The summed E-state index contributed by atoms with van der Waals surface area (Å²) in [6.45, 7) is 1.69. The number of carbonyl (C=O) groups is 1. The van der Waals surface area contributed by atoms with Crippen LogP contribution in [-0.4, -0.2) is 35.6 Å². The molecule has 0 spiro atoms. The Bertz CT molecular complexity index is 651. The van der Waals surface area contributed by atoms with E-state index in [1.807, 2.05) is 47.4 Å². The maximum atomic E-state index is 12.9. The van der Waals surface area contributed by atoms with Gasteiger partial charge in [-0.1, -0.05) is 42.1 Å². The zero-order chi connectivity index (χ0) is 16.1. The fourth-order valence-electron chi connectivity index (χ4n) is 2.84. The van der Waals surface area contributed by atoms with E-state index in [9.17, 15) is 9.90 Å². The molecule has 1 saturated heterocycles. The number of carbonyl (C=O) groups excluding carboxylic acids is 1. The molecule has 1 N–H and O–H groups in total. The van der Waals surface area contributed by atoms with Crippen LogP contribution < -0.4 is 0 Å². The van der Waals surface area contributed by atoms with Crippen LogP contribution in [0.4, 0.5) is 0 Å². The number of rotatable bonds is 4. The summed E-state index contributed by atoms with van der Waals surface area (Å²) in [5, 5.41) is 9.23. The summed E-state index contributed by atoms with van der Waals surface area (Å²) in [5.41, 5.74) is 0.767. The maximum absolute atomic E-state index is 12.9. The van der Waals surface area contributed by atoms with Crippen molar-refractivity contribution in [2.45, 2.75) is 22.6 Å². The van der Waals surface area contributed by atoms with E-state index in [1.165, 1.54) is 0 Å². The third-order valence-electron chi connectivity index (χ3n) is 4.25. The Balaban J connectivity index is 1.76. The van der Waals surface area contributed by atoms with E-state index >= 15 is 0 Å². The van der Waals surface area contributed by atoms with Gasteiger partial charge in [0, 0.05) is 29.5 Å². The molecule has 0 atom stereocenters. The summed E-state index contributed by atoms with van der Waals surface area (Å²) in [7, 11) is 0. The number of likely N-dealkylation sites (tertiary alicyclic amines) is 1. The minimum atomic E-state index is 0.0976. The number of hydrogen-bond acceptors (Lipinski definition) is 3. The highest BCUT2D eigenvalue weighted by Gasteiger charge is 2.24. The molecule has 2 aromatic carbocycles. The van der Waals surface area contributed by atoms with Gasteiger partial charge in [-0.25, -0.2) is 0 Å². The van der Waals surface area contributed by atoms with Gasteiger partial charge < -0.3 is 10.0 Å². The van der Waals surface area contributed by atoms with Gasteiger partial charge in [0.25, 0.3) is 5.91 Å². The summed E-state index contributed by atoms with van der Waals surface area (Å²) >= 11 is 1.62. The lowest BCUT2D eigenvalue weighted by molar-refractivity contribution is 0.0647. The SMILES string of the molecule is O=C(c1ccccc1Sc1ccccc1)N1CCC(CO)CC1. The normalized spacial score (nSPS) is 15.6. The first kappa shape index (κ1) is 16.1. The predicted octanol–water partition coefficient (Wildman–Crippen LogP) is 3.68. The number of amides is 1. The Labute approximate surface area is 141 Å². The fourth-order valence-corrected chi connectivity index (χ4v) is 3.80. The number of aliphatic hydroxyl groups is 1. The molecule has 1 aliphatic heterocycles. The molecule has 23 heavy (non-hydrogen) atoms. The van der Waals surface area contributed by atoms with E-state index in [-0.39, 0.29) is 12.5 Å². The second kappa shape index (κ2) is 7.66. The first-order chi connectivity index (χ1) is 11.3. The number of nitrogens with zero attached hydrogens (tertiary/aromatic N) is 1. The van der Waals surface area contributed by atoms with Gasteiger partial charge in [-0.2, -0.15) is 0 Å². The van der Waals surface area contributed by atoms with Gasteiger partial charge in [0.2, 0.25) is 0 Å². The summed E-state index contributed by atoms with van der Waals surface area (Å²) in [6.07, 6.45) is 1.77. The molecule has 1 amide bonds. The molecule has 1 heterocycles. The molecule has 0 aliphatic carbocycles. The number of piperidine rings is 1. The van der Waals surface area contributed by atoms with Crippen LogP contribution in [0.15, 0.2) is 64.4 Å². The topological polar surface area (TPSA) is 40.5 Å². The van der Waals surface area contributed by atoms with Gasteiger partial charge in [-0.15, -0.1) is 0 Å². The first-order valence-corrected chi connectivity index (χ1v) is 8.81. The lowest BCUT2D eigenvalue weighted by Crippen LogP contribution is -2.39. The van der Waals surface area contributed by atoms with Crippen molar-refractivity contribution in [1.82, 2.24) is 4.90 Å². The highest BCUT2D eigenvalue weighted by atomic mass is 32.2. The van der Waals surface area contributed by atoms with Crippen LogP contribution in [0.3, 0.4) is 0 Å². The Hall–Kier alpha value is -1.78. The average molecular weight is 327 g/mol. The van der Waals surface area contributed by atoms with Gasteiger partial charge in [-0.05, 0) is 43.0 Å². The number of hydrogen-bond donors (Lipinski definition) is 1. The highest BCUT2D eigenvalue weighted by Crippen LogP contribution is 2.31. The lowest BCUT2D eigenvalue weighted by atomic mass is 9.97. The summed E-state index contributed by atoms with van der Waals surface area (Å²) in [5.74, 6) is 0.438. The van der Waals surface area contributed by atoms with E-state index in [0.717, 1.165) is 41.3 Å². The van der Waals surface area contributed by atoms with Gasteiger partial charge in [0.1, 0.15) is 0 Å². The molecule has 4 heteroatoms. The molecule has 2 aromatic rings. The van der Waals surface area contributed by atoms with Crippen molar-refractivity contribution in [1.29, 1.82) is 0 Å². The third-order valence-corrected chi connectivity index (χ3v) is 5.33. The predicted molar refractivity (Wildman–Crippen MR) is 92.7 cm³/mol. The van der Waals surface area contributed by atoms with Crippen LogP contribution in [0.1, 0.15) is 23.2 Å².